The monoisotopic (exact) mass is 240 g/mol. The number of urea groups is 1. The Morgan fingerprint density at radius 2 is 2.00 bits per heavy atom. The van der Waals surface area contributed by atoms with Crippen molar-refractivity contribution in [1.82, 2.24) is 10.2 Å². The van der Waals surface area contributed by atoms with E-state index >= 15 is 0 Å². The molecule has 1 aliphatic carbocycles. The summed E-state index contributed by atoms with van der Waals surface area (Å²) in [7, 11) is 0. The molecule has 0 radical (unpaired) electrons. The fourth-order valence-corrected chi connectivity index (χ4v) is 2.63. The van der Waals surface area contributed by atoms with Crippen molar-refractivity contribution in [1.29, 1.82) is 0 Å². The molecule has 2 N–H and O–H groups in total. The van der Waals surface area contributed by atoms with Crippen LogP contribution in [0, 0.1) is 11.8 Å². The van der Waals surface area contributed by atoms with Crippen molar-refractivity contribution in [2.75, 3.05) is 13.1 Å². The molecule has 96 valence electrons. The first-order chi connectivity index (χ1) is 8.06. The van der Waals surface area contributed by atoms with Gasteiger partial charge in [-0.25, -0.2) is 4.79 Å². The number of carboxylic acids is 1. The van der Waals surface area contributed by atoms with Gasteiger partial charge >= 0.3 is 12.0 Å². The highest BCUT2D eigenvalue weighted by molar-refractivity contribution is 5.79. The largest absolute Gasteiger partial charge is 0.481 e. The Hall–Kier alpha value is -1.26. The molecule has 2 aliphatic rings. The van der Waals surface area contributed by atoms with Crippen molar-refractivity contribution in [2.24, 2.45) is 11.8 Å². The van der Waals surface area contributed by atoms with Gasteiger partial charge in [-0.2, -0.15) is 0 Å². The highest BCUT2D eigenvalue weighted by Crippen LogP contribution is 2.24. The van der Waals surface area contributed by atoms with Gasteiger partial charge in [-0.15, -0.1) is 0 Å². The molecular formula is C12H20N2O3. The minimum atomic E-state index is -0.805. The molecule has 17 heavy (non-hydrogen) atoms. The molecule has 0 spiro atoms. The standard InChI is InChI=1S/C12H20N2O3/c1-8-3-2-4-10(5-8)13-12(17)14-6-9(7-14)11(15)16/h8-10H,2-7H2,1H3,(H,13,17)(H,15,16). The third kappa shape index (κ3) is 2.90. The molecule has 1 saturated carbocycles. The summed E-state index contributed by atoms with van der Waals surface area (Å²) >= 11 is 0. The number of carbonyl (C=O) groups is 2. The fourth-order valence-electron chi connectivity index (χ4n) is 2.63. The summed E-state index contributed by atoms with van der Waals surface area (Å²) in [6.07, 6.45) is 4.51. The molecule has 0 aromatic heterocycles. The van der Waals surface area contributed by atoms with Gasteiger partial charge in [0.25, 0.3) is 0 Å². The first kappa shape index (κ1) is 12.2. The Bertz CT molecular complexity index is 313. The van der Waals surface area contributed by atoms with Gasteiger partial charge in [0, 0.05) is 19.1 Å². The van der Waals surface area contributed by atoms with Crippen LogP contribution < -0.4 is 5.32 Å². The maximum absolute atomic E-state index is 11.8. The molecule has 0 bridgehead atoms. The van der Waals surface area contributed by atoms with Crippen molar-refractivity contribution in [2.45, 2.75) is 38.6 Å². The van der Waals surface area contributed by atoms with E-state index in [0.717, 1.165) is 12.8 Å². The molecular weight excluding hydrogens is 220 g/mol. The highest BCUT2D eigenvalue weighted by atomic mass is 16.4. The lowest BCUT2D eigenvalue weighted by molar-refractivity contribution is -0.146. The summed E-state index contributed by atoms with van der Waals surface area (Å²) in [5, 5.41) is 11.7. The molecule has 1 aliphatic heterocycles. The molecule has 2 fully saturated rings. The second-order valence-electron chi connectivity index (χ2n) is 5.36. The summed E-state index contributed by atoms with van der Waals surface area (Å²) in [6.45, 7) is 2.91. The van der Waals surface area contributed by atoms with Gasteiger partial charge in [-0.05, 0) is 18.8 Å². The summed E-state index contributed by atoms with van der Waals surface area (Å²) in [5.41, 5.74) is 0. The van der Waals surface area contributed by atoms with Crippen molar-refractivity contribution < 1.29 is 14.7 Å². The Morgan fingerprint density at radius 3 is 2.59 bits per heavy atom. The number of carboxylic acid groups (broad SMARTS) is 1. The highest BCUT2D eigenvalue weighted by Gasteiger charge is 2.36. The van der Waals surface area contributed by atoms with Crippen LogP contribution in [0.5, 0.6) is 0 Å². The molecule has 1 saturated heterocycles. The van der Waals surface area contributed by atoms with E-state index in [4.69, 9.17) is 5.11 Å². The van der Waals surface area contributed by atoms with E-state index in [-0.39, 0.29) is 18.0 Å². The van der Waals surface area contributed by atoms with Crippen LogP contribution in [0.1, 0.15) is 32.6 Å². The van der Waals surface area contributed by atoms with E-state index in [1.54, 1.807) is 4.90 Å². The van der Waals surface area contributed by atoms with Gasteiger partial charge in [-0.1, -0.05) is 19.8 Å². The van der Waals surface area contributed by atoms with Crippen LogP contribution in [0.2, 0.25) is 0 Å². The molecule has 5 heteroatoms. The Labute approximate surface area is 101 Å². The molecule has 2 atom stereocenters. The van der Waals surface area contributed by atoms with E-state index in [1.165, 1.54) is 12.8 Å². The lowest BCUT2D eigenvalue weighted by Gasteiger charge is -2.38. The summed E-state index contributed by atoms with van der Waals surface area (Å²) in [6, 6.07) is 0.178. The third-order valence-corrected chi connectivity index (χ3v) is 3.78. The smallest absolute Gasteiger partial charge is 0.317 e. The quantitative estimate of drug-likeness (QED) is 0.764. The first-order valence-corrected chi connectivity index (χ1v) is 6.34. The van der Waals surface area contributed by atoms with Crippen molar-refractivity contribution in [3.63, 3.8) is 0 Å². The van der Waals surface area contributed by atoms with Crippen LogP contribution in [-0.2, 0) is 4.79 Å². The van der Waals surface area contributed by atoms with Crippen LogP contribution in [0.3, 0.4) is 0 Å². The number of nitrogens with one attached hydrogen (secondary N) is 1. The summed E-state index contributed by atoms with van der Waals surface area (Å²) in [4.78, 5) is 24.0. The molecule has 1 heterocycles. The molecule has 2 amide bonds. The van der Waals surface area contributed by atoms with E-state index in [1.807, 2.05) is 0 Å². The zero-order valence-corrected chi connectivity index (χ0v) is 10.2. The normalized spacial score (nSPS) is 29.6. The molecule has 2 rings (SSSR count). The molecule has 0 aromatic rings. The minimum Gasteiger partial charge on any atom is -0.481 e. The van der Waals surface area contributed by atoms with Crippen LogP contribution >= 0.6 is 0 Å². The summed E-state index contributed by atoms with van der Waals surface area (Å²) in [5.74, 6) is -0.497. The number of hydrogen-bond donors (Lipinski definition) is 2. The first-order valence-electron chi connectivity index (χ1n) is 6.34. The van der Waals surface area contributed by atoms with Gasteiger partial charge in [0.1, 0.15) is 0 Å². The third-order valence-electron chi connectivity index (χ3n) is 3.78. The fraction of sp³-hybridized carbons (Fsp3) is 0.833. The van der Waals surface area contributed by atoms with Crippen molar-refractivity contribution >= 4 is 12.0 Å². The molecule has 5 nitrogen and oxygen atoms in total. The van der Waals surface area contributed by atoms with Gasteiger partial charge in [-0.3, -0.25) is 4.79 Å². The predicted molar refractivity (Wildman–Crippen MR) is 62.7 cm³/mol. The number of carbonyl (C=O) groups excluding carboxylic acids is 1. The zero-order valence-electron chi connectivity index (χ0n) is 10.2. The second-order valence-corrected chi connectivity index (χ2v) is 5.36. The van der Waals surface area contributed by atoms with Gasteiger partial charge in [0.05, 0.1) is 5.92 Å². The zero-order chi connectivity index (χ0) is 12.4. The Morgan fingerprint density at radius 1 is 1.29 bits per heavy atom. The van der Waals surface area contributed by atoms with Crippen molar-refractivity contribution in [3.8, 4) is 0 Å². The summed E-state index contributed by atoms with van der Waals surface area (Å²) < 4.78 is 0. The van der Waals surface area contributed by atoms with E-state index < -0.39 is 5.97 Å². The number of amides is 2. The Kier molecular flexibility index (Phi) is 3.54. The second kappa shape index (κ2) is 4.94. The Balaban J connectivity index is 1.73. The SMILES string of the molecule is CC1CCCC(NC(=O)N2CC(C(=O)O)C2)C1. The topological polar surface area (TPSA) is 69.6 Å². The van der Waals surface area contributed by atoms with Crippen LogP contribution in [0.25, 0.3) is 0 Å². The molecule has 0 aromatic carbocycles. The lowest BCUT2D eigenvalue weighted by atomic mass is 9.87. The maximum Gasteiger partial charge on any atom is 0.317 e. The van der Waals surface area contributed by atoms with Crippen LogP contribution in [0.15, 0.2) is 0 Å². The van der Waals surface area contributed by atoms with Crippen LogP contribution in [0.4, 0.5) is 4.79 Å². The maximum atomic E-state index is 11.8. The number of aliphatic carboxylic acids is 1. The van der Waals surface area contributed by atoms with E-state index in [2.05, 4.69) is 12.2 Å². The van der Waals surface area contributed by atoms with E-state index in [9.17, 15) is 9.59 Å². The molecule has 2 unspecified atom stereocenters. The number of nitrogens with zero attached hydrogens (tertiary/aromatic N) is 1. The van der Waals surface area contributed by atoms with Gasteiger partial charge < -0.3 is 15.3 Å². The van der Waals surface area contributed by atoms with Gasteiger partial charge in [0.15, 0.2) is 0 Å². The number of hydrogen-bond acceptors (Lipinski definition) is 2. The average molecular weight is 240 g/mol. The minimum absolute atomic E-state index is 0.0957. The predicted octanol–water partition coefficient (Wildman–Crippen LogP) is 1.29. The lowest BCUT2D eigenvalue weighted by Crippen LogP contribution is -2.57. The van der Waals surface area contributed by atoms with Crippen molar-refractivity contribution in [3.05, 3.63) is 0 Å². The average Bonchev–Trinajstić information content (AvgIpc) is 2.13. The van der Waals surface area contributed by atoms with Crippen LogP contribution in [-0.4, -0.2) is 41.1 Å². The van der Waals surface area contributed by atoms with E-state index in [0.29, 0.717) is 19.0 Å². The number of likely N-dealkylation sites (tertiary alicyclic amines) is 1. The van der Waals surface area contributed by atoms with Gasteiger partial charge in [0.2, 0.25) is 0 Å². The number of rotatable bonds is 2.